The molecule has 5 heteroatoms. The Labute approximate surface area is 170 Å². The molecule has 0 radical (unpaired) electrons. The molecule has 2 aromatic carbocycles. The summed E-state index contributed by atoms with van der Waals surface area (Å²) in [5.74, 6) is 0.952. The quantitative estimate of drug-likeness (QED) is 0.539. The molecule has 0 fully saturated rings. The Morgan fingerprint density at radius 1 is 1.07 bits per heavy atom. The van der Waals surface area contributed by atoms with E-state index < -0.39 is 0 Å². The van der Waals surface area contributed by atoms with Gasteiger partial charge in [-0.2, -0.15) is 0 Å². The SMILES string of the molecule is CCc1nc2cccnc2n1-c1ccc(CC(=O)Nc2ccc(C)cc2C)cc1. The van der Waals surface area contributed by atoms with E-state index in [0.29, 0.717) is 6.42 Å². The second-order valence-electron chi connectivity index (χ2n) is 7.27. The number of benzene rings is 2. The van der Waals surface area contributed by atoms with E-state index in [-0.39, 0.29) is 5.91 Å². The van der Waals surface area contributed by atoms with Crippen molar-refractivity contribution in [2.45, 2.75) is 33.6 Å². The second kappa shape index (κ2) is 7.87. The van der Waals surface area contributed by atoms with Crippen molar-refractivity contribution in [1.29, 1.82) is 0 Å². The van der Waals surface area contributed by atoms with Gasteiger partial charge in [0.15, 0.2) is 5.65 Å². The molecule has 0 spiro atoms. The van der Waals surface area contributed by atoms with E-state index in [1.54, 1.807) is 6.20 Å². The van der Waals surface area contributed by atoms with Crippen LogP contribution in [0, 0.1) is 13.8 Å². The van der Waals surface area contributed by atoms with Crippen molar-refractivity contribution in [1.82, 2.24) is 14.5 Å². The highest BCUT2D eigenvalue weighted by atomic mass is 16.1. The molecule has 0 atom stereocenters. The molecule has 0 bridgehead atoms. The number of fused-ring (bicyclic) bond motifs is 1. The van der Waals surface area contributed by atoms with Gasteiger partial charge in [0.1, 0.15) is 11.3 Å². The largest absolute Gasteiger partial charge is 0.326 e. The Morgan fingerprint density at radius 2 is 1.86 bits per heavy atom. The standard InChI is InChI=1S/C24H24N4O/c1-4-22-26-21-6-5-13-25-24(21)28(22)19-10-8-18(9-11-19)15-23(29)27-20-12-7-16(2)14-17(20)3/h5-14H,4,15H2,1-3H3,(H,27,29). The molecule has 0 aliphatic rings. The molecule has 0 aliphatic carbocycles. The van der Waals surface area contributed by atoms with Crippen LogP contribution in [0.1, 0.15) is 29.4 Å². The van der Waals surface area contributed by atoms with Gasteiger partial charge in [-0.05, 0) is 55.3 Å². The minimum Gasteiger partial charge on any atom is -0.326 e. The Balaban J connectivity index is 1.53. The van der Waals surface area contributed by atoms with Crippen molar-refractivity contribution >= 4 is 22.8 Å². The fraction of sp³-hybridized carbons (Fsp3) is 0.208. The number of carbonyl (C=O) groups is 1. The molecular weight excluding hydrogens is 360 g/mol. The molecule has 0 saturated heterocycles. The predicted octanol–water partition coefficient (Wildman–Crippen LogP) is 4.78. The predicted molar refractivity (Wildman–Crippen MR) is 116 cm³/mol. The highest BCUT2D eigenvalue weighted by Gasteiger charge is 2.12. The first-order valence-electron chi connectivity index (χ1n) is 9.84. The van der Waals surface area contributed by atoms with Crippen molar-refractivity contribution in [3.8, 4) is 5.69 Å². The molecular formula is C24H24N4O. The van der Waals surface area contributed by atoms with Crippen LogP contribution >= 0.6 is 0 Å². The molecule has 2 heterocycles. The van der Waals surface area contributed by atoms with E-state index in [1.165, 1.54) is 5.56 Å². The average molecular weight is 384 g/mol. The van der Waals surface area contributed by atoms with Crippen LogP contribution in [0.5, 0.6) is 0 Å². The van der Waals surface area contributed by atoms with E-state index in [9.17, 15) is 4.79 Å². The molecule has 4 aromatic rings. The number of rotatable bonds is 5. The highest BCUT2D eigenvalue weighted by Crippen LogP contribution is 2.21. The van der Waals surface area contributed by atoms with Gasteiger partial charge in [-0.3, -0.25) is 9.36 Å². The van der Waals surface area contributed by atoms with Crippen LogP contribution in [0.2, 0.25) is 0 Å². The van der Waals surface area contributed by atoms with Gasteiger partial charge >= 0.3 is 0 Å². The molecule has 146 valence electrons. The Bertz CT molecular complexity index is 1180. The fourth-order valence-corrected chi connectivity index (χ4v) is 3.56. The van der Waals surface area contributed by atoms with Gasteiger partial charge in [0.2, 0.25) is 5.91 Å². The summed E-state index contributed by atoms with van der Waals surface area (Å²) in [6.07, 6.45) is 2.93. The monoisotopic (exact) mass is 384 g/mol. The van der Waals surface area contributed by atoms with Crippen LogP contribution in [0.15, 0.2) is 60.8 Å². The summed E-state index contributed by atoms with van der Waals surface area (Å²) >= 11 is 0. The summed E-state index contributed by atoms with van der Waals surface area (Å²) in [6, 6.07) is 17.9. The number of aromatic nitrogens is 3. The van der Waals surface area contributed by atoms with E-state index in [0.717, 1.165) is 45.9 Å². The lowest BCUT2D eigenvalue weighted by Gasteiger charge is -2.11. The second-order valence-corrected chi connectivity index (χ2v) is 7.27. The fourth-order valence-electron chi connectivity index (χ4n) is 3.56. The molecule has 0 aliphatic heterocycles. The first kappa shape index (κ1) is 18.9. The van der Waals surface area contributed by atoms with Crippen LogP contribution in [0.4, 0.5) is 5.69 Å². The molecule has 1 N–H and O–H groups in total. The number of imidazole rings is 1. The lowest BCUT2D eigenvalue weighted by Crippen LogP contribution is -2.15. The zero-order valence-electron chi connectivity index (χ0n) is 16.9. The van der Waals surface area contributed by atoms with Crippen molar-refractivity contribution in [3.63, 3.8) is 0 Å². The number of hydrogen-bond donors (Lipinski definition) is 1. The third-order valence-corrected chi connectivity index (χ3v) is 5.02. The van der Waals surface area contributed by atoms with E-state index in [2.05, 4.69) is 32.8 Å². The van der Waals surface area contributed by atoms with Gasteiger partial charge in [-0.1, -0.05) is 36.8 Å². The molecule has 0 saturated carbocycles. The number of carbonyl (C=O) groups excluding carboxylic acids is 1. The van der Waals surface area contributed by atoms with E-state index >= 15 is 0 Å². The van der Waals surface area contributed by atoms with Gasteiger partial charge in [0, 0.05) is 24.0 Å². The summed E-state index contributed by atoms with van der Waals surface area (Å²) < 4.78 is 2.08. The van der Waals surface area contributed by atoms with E-state index in [1.807, 2.05) is 62.4 Å². The van der Waals surface area contributed by atoms with Crippen molar-refractivity contribution < 1.29 is 4.79 Å². The maximum atomic E-state index is 12.5. The highest BCUT2D eigenvalue weighted by molar-refractivity contribution is 5.93. The first-order valence-corrected chi connectivity index (χ1v) is 9.84. The minimum absolute atomic E-state index is 0.0197. The molecule has 5 nitrogen and oxygen atoms in total. The number of pyridine rings is 1. The van der Waals surface area contributed by atoms with E-state index in [4.69, 9.17) is 0 Å². The van der Waals surface area contributed by atoms with Crippen molar-refractivity contribution in [2.24, 2.45) is 0 Å². The summed E-state index contributed by atoms with van der Waals surface area (Å²) in [5.41, 5.74) is 6.82. The number of nitrogens with one attached hydrogen (secondary N) is 1. The zero-order chi connectivity index (χ0) is 20.4. The van der Waals surface area contributed by atoms with Gasteiger partial charge in [-0.15, -0.1) is 0 Å². The Morgan fingerprint density at radius 3 is 2.59 bits per heavy atom. The van der Waals surface area contributed by atoms with Crippen LogP contribution < -0.4 is 5.32 Å². The van der Waals surface area contributed by atoms with Crippen molar-refractivity contribution in [3.05, 3.63) is 83.3 Å². The maximum absolute atomic E-state index is 12.5. The summed E-state index contributed by atoms with van der Waals surface area (Å²) in [7, 11) is 0. The zero-order valence-corrected chi connectivity index (χ0v) is 16.9. The Kier molecular flexibility index (Phi) is 5.12. The maximum Gasteiger partial charge on any atom is 0.228 e. The number of nitrogens with zero attached hydrogens (tertiary/aromatic N) is 3. The number of aryl methyl sites for hydroxylation is 3. The molecule has 29 heavy (non-hydrogen) atoms. The molecule has 0 unspecified atom stereocenters. The molecule has 1 amide bonds. The van der Waals surface area contributed by atoms with Gasteiger partial charge in [0.25, 0.3) is 0 Å². The average Bonchev–Trinajstić information content (AvgIpc) is 3.09. The number of amides is 1. The minimum atomic E-state index is -0.0197. The topological polar surface area (TPSA) is 59.8 Å². The summed E-state index contributed by atoms with van der Waals surface area (Å²) in [6.45, 7) is 6.14. The van der Waals surface area contributed by atoms with Crippen molar-refractivity contribution in [2.75, 3.05) is 5.32 Å². The lowest BCUT2D eigenvalue weighted by atomic mass is 10.1. The van der Waals surface area contributed by atoms with Gasteiger partial charge < -0.3 is 5.32 Å². The first-order chi connectivity index (χ1) is 14.0. The van der Waals surface area contributed by atoms with Gasteiger partial charge in [0.05, 0.1) is 6.42 Å². The Hall–Kier alpha value is -3.47. The summed E-state index contributed by atoms with van der Waals surface area (Å²) in [4.78, 5) is 21.6. The molecule has 4 rings (SSSR count). The van der Waals surface area contributed by atoms with Crippen LogP contribution in [-0.2, 0) is 17.6 Å². The lowest BCUT2D eigenvalue weighted by molar-refractivity contribution is -0.115. The third kappa shape index (κ3) is 3.90. The number of anilines is 1. The van der Waals surface area contributed by atoms with Gasteiger partial charge in [-0.25, -0.2) is 9.97 Å². The third-order valence-electron chi connectivity index (χ3n) is 5.02. The number of hydrogen-bond acceptors (Lipinski definition) is 3. The summed E-state index contributed by atoms with van der Waals surface area (Å²) in [5, 5.41) is 3.01. The van der Waals surface area contributed by atoms with Crippen LogP contribution in [-0.4, -0.2) is 20.4 Å². The van der Waals surface area contributed by atoms with Crippen LogP contribution in [0.3, 0.4) is 0 Å². The normalized spacial score (nSPS) is 11.0. The smallest absolute Gasteiger partial charge is 0.228 e. The van der Waals surface area contributed by atoms with Crippen LogP contribution in [0.25, 0.3) is 16.9 Å². The molecule has 2 aromatic heterocycles.